The summed E-state index contributed by atoms with van der Waals surface area (Å²) in [6.07, 6.45) is 6.04. The van der Waals surface area contributed by atoms with Crippen LogP contribution in [0.5, 0.6) is 0 Å². The summed E-state index contributed by atoms with van der Waals surface area (Å²) in [5.74, 6) is 0.718. The van der Waals surface area contributed by atoms with Crippen LogP contribution < -0.4 is 5.32 Å². The molecule has 3 heteroatoms. The van der Waals surface area contributed by atoms with Gasteiger partial charge in [-0.05, 0) is 50.8 Å². The van der Waals surface area contributed by atoms with Crippen LogP contribution in [0, 0.1) is 5.92 Å². The Morgan fingerprint density at radius 3 is 2.68 bits per heavy atom. The highest BCUT2D eigenvalue weighted by Gasteiger charge is 2.39. The molecule has 1 saturated carbocycles. The number of rotatable bonds is 6. The Morgan fingerprint density at radius 1 is 1.27 bits per heavy atom. The lowest BCUT2D eigenvalue weighted by molar-refractivity contribution is 0.156. The molecule has 0 aromatic heterocycles. The van der Waals surface area contributed by atoms with Crippen LogP contribution in [0.2, 0.25) is 0 Å². The third-order valence-electron chi connectivity index (χ3n) is 5.02. The van der Waals surface area contributed by atoms with Crippen LogP contribution in [0.15, 0.2) is 35.9 Å². The highest BCUT2D eigenvalue weighted by Crippen LogP contribution is 2.38. The number of hydrogen-bond acceptors (Lipinski definition) is 3. The molecule has 2 atom stereocenters. The molecule has 0 amide bonds. The highest BCUT2D eigenvalue weighted by molar-refractivity contribution is 5.53. The molecule has 1 aromatic carbocycles. The highest BCUT2D eigenvalue weighted by atomic mass is 16.3. The second kappa shape index (κ2) is 7.40. The molecular weight excluding hydrogens is 272 g/mol. The van der Waals surface area contributed by atoms with E-state index in [4.69, 9.17) is 5.11 Å². The number of piperidine rings is 1. The summed E-state index contributed by atoms with van der Waals surface area (Å²) in [4.78, 5) is 2.36. The Bertz CT molecular complexity index is 491. The van der Waals surface area contributed by atoms with E-state index < -0.39 is 0 Å². The van der Waals surface area contributed by atoms with Crippen molar-refractivity contribution in [3.8, 4) is 0 Å². The van der Waals surface area contributed by atoms with Crippen molar-refractivity contribution >= 4 is 6.08 Å². The molecule has 1 aliphatic carbocycles. The van der Waals surface area contributed by atoms with Gasteiger partial charge in [0.2, 0.25) is 0 Å². The minimum Gasteiger partial charge on any atom is -0.395 e. The molecule has 2 aliphatic rings. The van der Waals surface area contributed by atoms with Gasteiger partial charge in [0.15, 0.2) is 0 Å². The summed E-state index contributed by atoms with van der Waals surface area (Å²) in [5, 5.41) is 12.8. The maximum Gasteiger partial charge on any atom is 0.0558 e. The summed E-state index contributed by atoms with van der Waals surface area (Å²) < 4.78 is 0. The van der Waals surface area contributed by atoms with Crippen LogP contribution in [-0.2, 0) is 0 Å². The van der Waals surface area contributed by atoms with Crippen molar-refractivity contribution < 1.29 is 5.11 Å². The van der Waals surface area contributed by atoms with E-state index in [1.807, 2.05) is 0 Å². The zero-order chi connectivity index (χ0) is 15.4. The quantitative estimate of drug-likeness (QED) is 0.847. The normalized spacial score (nSPS) is 27.1. The van der Waals surface area contributed by atoms with Crippen LogP contribution in [-0.4, -0.2) is 48.3 Å². The van der Waals surface area contributed by atoms with Gasteiger partial charge >= 0.3 is 0 Å². The first-order valence-corrected chi connectivity index (χ1v) is 8.59. The van der Waals surface area contributed by atoms with E-state index in [-0.39, 0.29) is 6.61 Å². The molecule has 0 bridgehead atoms. The van der Waals surface area contributed by atoms with E-state index >= 15 is 0 Å². The van der Waals surface area contributed by atoms with Gasteiger partial charge in [-0.15, -0.1) is 0 Å². The SMILES string of the molecule is C/C(=C\c1ccccc1)C1CC1NC1CCN(CCO)CC1. The van der Waals surface area contributed by atoms with Crippen molar-refractivity contribution in [2.24, 2.45) is 5.92 Å². The predicted octanol–water partition coefficient (Wildman–Crippen LogP) is 2.52. The maximum absolute atomic E-state index is 8.99. The summed E-state index contributed by atoms with van der Waals surface area (Å²) in [6, 6.07) is 11.9. The van der Waals surface area contributed by atoms with Crippen LogP contribution >= 0.6 is 0 Å². The number of benzene rings is 1. The fraction of sp³-hybridized carbons (Fsp3) is 0.579. The Labute approximate surface area is 134 Å². The molecule has 22 heavy (non-hydrogen) atoms. The van der Waals surface area contributed by atoms with Crippen LogP contribution in [0.25, 0.3) is 6.08 Å². The lowest BCUT2D eigenvalue weighted by Crippen LogP contribution is -2.44. The summed E-state index contributed by atoms with van der Waals surface area (Å²) in [6.45, 7) is 5.62. The summed E-state index contributed by atoms with van der Waals surface area (Å²) in [5.41, 5.74) is 2.81. The number of likely N-dealkylation sites (tertiary alicyclic amines) is 1. The van der Waals surface area contributed by atoms with Gasteiger partial charge in [0.1, 0.15) is 0 Å². The van der Waals surface area contributed by atoms with Gasteiger partial charge in [-0.1, -0.05) is 42.0 Å². The number of aliphatic hydroxyl groups is 1. The fourth-order valence-electron chi connectivity index (χ4n) is 3.57. The molecule has 0 spiro atoms. The van der Waals surface area contributed by atoms with Crippen molar-refractivity contribution in [3.05, 3.63) is 41.5 Å². The largest absolute Gasteiger partial charge is 0.395 e. The zero-order valence-electron chi connectivity index (χ0n) is 13.5. The van der Waals surface area contributed by atoms with E-state index in [2.05, 4.69) is 53.5 Å². The van der Waals surface area contributed by atoms with Gasteiger partial charge in [-0.2, -0.15) is 0 Å². The van der Waals surface area contributed by atoms with Crippen molar-refractivity contribution in [2.75, 3.05) is 26.2 Å². The van der Waals surface area contributed by atoms with Gasteiger partial charge in [0.25, 0.3) is 0 Å². The van der Waals surface area contributed by atoms with Gasteiger partial charge in [-0.25, -0.2) is 0 Å². The third-order valence-corrected chi connectivity index (χ3v) is 5.02. The second-order valence-corrected chi connectivity index (χ2v) is 6.75. The Balaban J connectivity index is 1.44. The average Bonchev–Trinajstić information content (AvgIpc) is 3.30. The summed E-state index contributed by atoms with van der Waals surface area (Å²) in [7, 11) is 0. The van der Waals surface area contributed by atoms with Crippen LogP contribution in [0.4, 0.5) is 0 Å². The van der Waals surface area contributed by atoms with Crippen molar-refractivity contribution in [3.63, 3.8) is 0 Å². The molecule has 1 heterocycles. The van der Waals surface area contributed by atoms with E-state index in [9.17, 15) is 0 Å². The molecule has 1 aliphatic heterocycles. The fourth-order valence-corrected chi connectivity index (χ4v) is 3.57. The van der Waals surface area contributed by atoms with Gasteiger partial charge in [0, 0.05) is 18.6 Å². The molecule has 0 radical (unpaired) electrons. The molecule has 3 nitrogen and oxygen atoms in total. The maximum atomic E-state index is 8.99. The molecule has 120 valence electrons. The van der Waals surface area contributed by atoms with Crippen molar-refractivity contribution in [2.45, 2.75) is 38.3 Å². The third kappa shape index (κ3) is 4.19. The van der Waals surface area contributed by atoms with Gasteiger partial charge in [0.05, 0.1) is 6.61 Å². The van der Waals surface area contributed by atoms with Crippen LogP contribution in [0.1, 0.15) is 31.7 Å². The van der Waals surface area contributed by atoms with Gasteiger partial charge in [-0.3, -0.25) is 0 Å². The van der Waals surface area contributed by atoms with E-state index in [0.29, 0.717) is 12.1 Å². The Kier molecular flexibility index (Phi) is 5.29. The second-order valence-electron chi connectivity index (χ2n) is 6.75. The lowest BCUT2D eigenvalue weighted by atomic mass is 10.0. The molecule has 2 N–H and O–H groups in total. The number of hydrogen-bond donors (Lipinski definition) is 2. The Hall–Kier alpha value is -1.16. The smallest absolute Gasteiger partial charge is 0.0558 e. The standard InChI is InChI=1S/C19H28N2O/c1-15(13-16-5-3-2-4-6-16)18-14-19(18)20-17-7-9-21(10-8-17)11-12-22/h2-6,13,17-20,22H,7-12,14H2,1H3/b15-13+. The Morgan fingerprint density at radius 2 is 2.00 bits per heavy atom. The molecule has 2 unspecified atom stereocenters. The van der Waals surface area contributed by atoms with Crippen molar-refractivity contribution in [1.82, 2.24) is 10.2 Å². The number of aliphatic hydroxyl groups excluding tert-OH is 1. The summed E-state index contributed by atoms with van der Waals surface area (Å²) >= 11 is 0. The molecule has 1 aromatic rings. The molecule has 3 rings (SSSR count). The first-order valence-electron chi connectivity index (χ1n) is 8.59. The molecule has 1 saturated heterocycles. The van der Waals surface area contributed by atoms with Crippen molar-refractivity contribution in [1.29, 1.82) is 0 Å². The van der Waals surface area contributed by atoms with Gasteiger partial charge < -0.3 is 15.3 Å². The first-order chi connectivity index (χ1) is 10.8. The number of nitrogens with one attached hydrogen (secondary N) is 1. The first kappa shape index (κ1) is 15.7. The number of nitrogens with zero attached hydrogens (tertiary/aromatic N) is 1. The molecule has 2 fully saturated rings. The molecular formula is C19H28N2O. The monoisotopic (exact) mass is 300 g/mol. The lowest BCUT2D eigenvalue weighted by Gasteiger charge is -2.32. The topological polar surface area (TPSA) is 35.5 Å². The van der Waals surface area contributed by atoms with E-state index in [1.54, 1.807) is 0 Å². The minimum atomic E-state index is 0.284. The van der Waals surface area contributed by atoms with E-state index in [1.165, 1.54) is 30.4 Å². The van der Waals surface area contributed by atoms with E-state index in [0.717, 1.165) is 25.6 Å². The average molecular weight is 300 g/mol. The zero-order valence-corrected chi connectivity index (χ0v) is 13.5. The van der Waals surface area contributed by atoms with Crippen LogP contribution in [0.3, 0.4) is 0 Å². The predicted molar refractivity (Wildman–Crippen MR) is 91.7 cm³/mol. The minimum absolute atomic E-state index is 0.284. The number of β-amino-alcohol motifs (C(OH)–C–C–N with tert-alkyl or cyclic N) is 1.